The number of ether oxygens (including phenoxy) is 2. The van der Waals surface area contributed by atoms with Crippen LogP contribution >= 0.6 is 0 Å². The number of carbonyl (C=O) groups is 1. The van der Waals surface area contributed by atoms with Crippen LogP contribution in [0.5, 0.6) is 5.75 Å². The Bertz CT molecular complexity index is 472. The van der Waals surface area contributed by atoms with Crippen LogP contribution in [0.25, 0.3) is 0 Å². The van der Waals surface area contributed by atoms with Crippen molar-refractivity contribution in [3.8, 4) is 5.75 Å². The molecule has 98 valence electrons. The molecule has 1 aliphatic carbocycles. The highest BCUT2D eigenvalue weighted by Gasteiger charge is 2.40. The first kappa shape index (κ1) is 12.9. The summed E-state index contributed by atoms with van der Waals surface area (Å²) in [6.07, 6.45) is 1.10. The fraction of sp³-hybridized carbons (Fsp3) is 0.500. The van der Waals surface area contributed by atoms with E-state index in [-0.39, 0.29) is 17.4 Å². The second-order valence-electron chi connectivity index (χ2n) is 5.08. The Balaban J connectivity index is 2.40. The first-order valence-corrected chi connectivity index (χ1v) is 6.01. The Morgan fingerprint density at radius 3 is 2.83 bits per heavy atom. The number of methoxy groups -OCH3 is 2. The zero-order valence-corrected chi connectivity index (χ0v) is 11.0. The number of rotatable bonds is 3. The Labute approximate surface area is 107 Å². The molecule has 0 fully saturated rings. The summed E-state index contributed by atoms with van der Waals surface area (Å²) < 4.78 is 10.0. The van der Waals surface area contributed by atoms with Gasteiger partial charge in [0, 0.05) is 11.5 Å². The number of hydrogen-bond donors (Lipinski definition) is 1. The van der Waals surface area contributed by atoms with E-state index in [1.807, 2.05) is 18.2 Å². The molecule has 0 saturated heterocycles. The van der Waals surface area contributed by atoms with Gasteiger partial charge >= 0.3 is 5.97 Å². The van der Waals surface area contributed by atoms with Gasteiger partial charge in [-0.25, -0.2) is 0 Å². The zero-order chi connectivity index (χ0) is 13.3. The Morgan fingerprint density at radius 2 is 2.22 bits per heavy atom. The molecular formula is C14H19NO3. The van der Waals surface area contributed by atoms with E-state index in [0.29, 0.717) is 6.42 Å². The fourth-order valence-corrected chi connectivity index (χ4v) is 2.77. The van der Waals surface area contributed by atoms with Gasteiger partial charge in [-0.15, -0.1) is 0 Å². The molecule has 1 aromatic carbocycles. The standard InChI is InChI=1S/C14H19NO3/c1-14(8-13(16)18-3)7-12(15)10-5-4-9(17-2)6-11(10)14/h4-6,12H,7-8,15H2,1-3H3. The van der Waals surface area contributed by atoms with Crippen molar-refractivity contribution < 1.29 is 14.3 Å². The van der Waals surface area contributed by atoms with Crippen LogP contribution in [0.2, 0.25) is 0 Å². The average molecular weight is 249 g/mol. The first-order chi connectivity index (χ1) is 8.50. The summed E-state index contributed by atoms with van der Waals surface area (Å²) in [6, 6.07) is 5.84. The van der Waals surface area contributed by atoms with Crippen LogP contribution in [0.3, 0.4) is 0 Å². The molecule has 1 aliphatic rings. The van der Waals surface area contributed by atoms with Gasteiger partial charge in [-0.05, 0) is 29.7 Å². The van der Waals surface area contributed by atoms with Gasteiger partial charge in [0.2, 0.25) is 0 Å². The van der Waals surface area contributed by atoms with E-state index < -0.39 is 0 Å². The Morgan fingerprint density at radius 1 is 1.50 bits per heavy atom. The van der Waals surface area contributed by atoms with Gasteiger partial charge in [-0.2, -0.15) is 0 Å². The molecule has 0 radical (unpaired) electrons. The van der Waals surface area contributed by atoms with Gasteiger partial charge in [0.05, 0.1) is 20.6 Å². The average Bonchev–Trinajstić information content (AvgIpc) is 2.60. The quantitative estimate of drug-likeness (QED) is 0.831. The number of carbonyl (C=O) groups excluding carboxylic acids is 1. The van der Waals surface area contributed by atoms with E-state index in [4.69, 9.17) is 15.2 Å². The summed E-state index contributed by atoms with van der Waals surface area (Å²) in [5, 5.41) is 0. The lowest BCUT2D eigenvalue weighted by molar-refractivity contribution is -0.142. The van der Waals surface area contributed by atoms with Gasteiger partial charge in [0.1, 0.15) is 5.75 Å². The van der Waals surface area contributed by atoms with Gasteiger partial charge < -0.3 is 15.2 Å². The van der Waals surface area contributed by atoms with Gasteiger partial charge in [-0.1, -0.05) is 13.0 Å². The highest BCUT2D eigenvalue weighted by molar-refractivity contribution is 5.72. The molecule has 0 spiro atoms. The van der Waals surface area contributed by atoms with Crippen molar-refractivity contribution in [3.63, 3.8) is 0 Å². The molecule has 0 amide bonds. The molecule has 0 saturated carbocycles. The highest BCUT2D eigenvalue weighted by Crippen LogP contribution is 2.47. The predicted molar refractivity (Wildman–Crippen MR) is 68.5 cm³/mol. The zero-order valence-electron chi connectivity index (χ0n) is 11.0. The number of nitrogens with two attached hydrogens (primary N) is 1. The third-order valence-corrected chi connectivity index (χ3v) is 3.74. The summed E-state index contributed by atoms with van der Waals surface area (Å²) in [4.78, 5) is 11.5. The van der Waals surface area contributed by atoms with E-state index in [1.165, 1.54) is 7.11 Å². The monoisotopic (exact) mass is 249 g/mol. The van der Waals surface area contributed by atoms with Crippen LogP contribution in [-0.4, -0.2) is 20.2 Å². The third kappa shape index (κ3) is 2.08. The maximum Gasteiger partial charge on any atom is 0.306 e. The van der Waals surface area contributed by atoms with Crippen LogP contribution in [-0.2, 0) is 14.9 Å². The summed E-state index contributed by atoms with van der Waals surface area (Å²) in [6.45, 7) is 2.05. The lowest BCUT2D eigenvalue weighted by Gasteiger charge is -2.24. The lowest BCUT2D eigenvalue weighted by atomic mass is 9.81. The minimum atomic E-state index is -0.267. The SMILES string of the molecule is COC(=O)CC1(C)CC(N)c2ccc(OC)cc21. The van der Waals surface area contributed by atoms with E-state index in [1.54, 1.807) is 7.11 Å². The smallest absolute Gasteiger partial charge is 0.306 e. The van der Waals surface area contributed by atoms with Gasteiger partial charge in [0.25, 0.3) is 0 Å². The van der Waals surface area contributed by atoms with Crippen molar-refractivity contribution in [2.75, 3.05) is 14.2 Å². The molecular weight excluding hydrogens is 230 g/mol. The van der Waals surface area contributed by atoms with Crippen molar-refractivity contribution in [1.82, 2.24) is 0 Å². The largest absolute Gasteiger partial charge is 0.497 e. The molecule has 4 nitrogen and oxygen atoms in total. The normalized spacial score (nSPS) is 25.7. The maximum absolute atomic E-state index is 11.5. The fourth-order valence-electron chi connectivity index (χ4n) is 2.77. The number of fused-ring (bicyclic) bond motifs is 1. The second-order valence-corrected chi connectivity index (χ2v) is 5.08. The van der Waals surface area contributed by atoms with Crippen LogP contribution in [0, 0.1) is 0 Å². The molecule has 2 N–H and O–H groups in total. The molecule has 2 rings (SSSR count). The van der Waals surface area contributed by atoms with E-state index in [2.05, 4.69) is 6.92 Å². The van der Waals surface area contributed by atoms with Crippen molar-refractivity contribution in [2.45, 2.75) is 31.2 Å². The minimum absolute atomic E-state index is 0.0273. The summed E-state index contributed by atoms with van der Waals surface area (Å²) in [5.74, 6) is 0.583. The summed E-state index contributed by atoms with van der Waals surface area (Å²) in [5.41, 5.74) is 8.07. The van der Waals surface area contributed by atoms with Gasteiger partial charge in [-0.3, -0.25) is 4.79 Å². The topological polar surface area (TPSA) is 61.5 Å². The maximum atomic E-state index is 11.5. The van der Waals surface area contributed by atoms with E-state index in [9.17, 15) is 4.79 Å². The molecule has 0 aromatic heterocycles. The Kier molecular flexibility index (Phi) is 3.30. The first-order valence-electron chi connectivity index (χ1n) is 6.01. The number of benzene rings is 1. The van der Waals surface area contributed by atoms with Crippen molar-refractivity contribution in [3.05, 3.63) is 29.3 Å². The Hall–Kier alpha value is -1.55. The third-order valence-electron chi connectivity index (χ3n) is 3.74. The molecule has 0 heterocycles. The molecule has 4 heteroatoms. The number of hydrogen-bond acceptors (Lipinski definition) is 4. The minimum Gasteiger partial charge on any atom is -0.497 e. The molecule has 2 atom stereocenters. The van der Waals surface area contributed by atoms with E-state index in [0.717, 1.165) is 23.3 Å². The lowest BCUT2D eigenvalue weighted by Crippen LogP contribution is -2.24. The van der Waals surface area contributed by atoms with Crippen LogP contribution in [0.4, 0.5) is 0 Å². The van der Waals surface area contributed by atoms with Crippen molar-refractivity contribution in [1.29, 1.82) is 0 Å². The highest BCUT2D eigenvalue weighted by atomic mass is 16.5. The van der Waals surface area contributed by atoms with Crippen LogP contribution in [0.15, 0.2) is 18.2 Å². The molecule has 2 unspecified atom stereocenters. The summed E-state index contributed by atoms with van der Waals surface area (Å²) >= 11 is 0. The number of esters is 1. The summed E-state index contributed by atoms with van der Waals surface area (Å²) in [7, 11) is 3.04. The second kappa shape index (κ2) is 4.61. The van der Waals surface area contributed by atoms with Gasteiger partial charge in [0.15, 0.2) is 0 Å². The van der Waals surface area contributed by atoms with Crippen molar-refractivity contribution >= 4 is 5.97 Å². The molecule has 0 bridgehead atoms. The molecule has 0 aliphatic heterocycles. The molecule has 1 aromatic rings. The van der Waals surface area contributed by atoms with Crippen LogP contribution < -0.4 is 10.5 Å². The van der Waals surface area contributed by atoms with Crippen LogP contribution in [0.1, 0.15) is 36.9 Å². The molecule has 18 heavy (non-hydrogen) atoms. The predicted octanol–water partition coefficient (Wildman–Crippen LogP) is 1.92. The van der Waals surface area contributed by atoms with Crippen molar-refractivity contribution in [2.24, 2.45) is 5.73 Å². The van der Waals surface area contributed by atoms with E-state index >= 15 is 0 Å².